The Bertz CT molecular complexity index is 906. The molecule has 0 aliphatic carbocycles. The zero-order chi connectivity index (χ0) is 18.1. The molecule has 0 radical (unpaired) electrons. The Hall–Kier alpha value is -3.23. The van der Waals surface area contributed by atoms with Crippen LogP contribution in [0.1, 0.15) is 6.42 Å². The van der Waals surface area contributed by atoms with Gasteiger partial charge >= 0.3 is 6.03 Å². The van der Waals surface area contributed by atoms with Crippen molar-refractivity contribution in [3.8, 4) is 0 Å². The van der Waals surface area contributed by atoms with E-state index in [1.54, 1.807) is 27.7 Å². The molecular formula is C17H16F2N6O. The number of rotatable bonds is 3. The molecule has 1 aliphatic rings. The number of hydrogen-bond acceptors (Lipinski definition) is 4. The molecule has 1 fully saturated rings. The Morgan fingerprint density at radius 3 is 2.73 bits per heavy atom. The molecular weight excluding hydrogens is 342 g/mol. The Morgan fingerprint density at radius 1 is 1.15 bits per heavy atom. The normalized spacial score (nSPS) is 16.8. The van der Waals surface area contributed by atoms with Crippen LogP contribution in [0.15, 0.2) is 42.6 Å². The Balaban J connectivity index is 1.38. The third-order valence-corrected chi connectivity index (χ3v) is 4.24. The van der Waals surface area contributed by atoms with Crippen LogP contribution in [0.2, 0.25) is 0 Å². The van der Waals surface area contributed by atoms with Gasteiger partial charge < -0.3 is 10.2 Å². The summed E-state index contributed by atoms with van der Waals surface area (Å²) >= 11 is 0. The molecule has 2 N–H and O–H groups in total. The summed E-state index contributed by atoms with van der Waals surface area (Å²) < 4.78 is 29.3. The summed E-state index contributed by atoms with van der Waals surface area (Å²) in [5, 5.41) is 9.50. The molecule has 9 heteroatoms. The van der Waals surface area contributed by atoms with E-state index in [-0.39, 0.29) is 17.7 Å². The van der Waals surface area contributed by atoms with Gasteiger partial charge in [-0.3, -0.25) is 5.32 Å². The van der Waals surface area contributed by atoms with Gasteiger partial charge in [-0.1, -0.05) is 12.1 Å². The van der Waals surface area contributed by atoms with E-state index in [1.165, 1.54) is 18.2 Å². The molecule has 2 aromatic heterocycles. The minimum atomic E-state index is -0.607. The van der Waals surface area contributed by atoms with Crippen LogP contribution in [0.25, 0.3) is 5.65 Å². The van der Waals surface area contributed by atoms with Crippen molar-refractivity contribution in [2.75, 3.05) is 23.3 Å². The maximum atomic E-state index is 13.9. The summed E-state index contributed by atoms with van der Waals surface area (Å²) in [6.07, 6.45) is 2.31. The number of aromatic nitrogens is 3. The van der Waals surface area contributed by atoms with Gasteiger partial charge in [0.1, 0.15) is 17.3 Å². The van der Waals surface area contributed by atoms with Crippen molar-refractivity contribution in [2.45, 2.75) is 12.5 Å². The molecule has 1 unspecified atom stereocenters. The summed E-state index contributed by atoms with van der Waals surface area (Å²) in [5.41, 5.74) is 0.559. The molecule has 4 rings (SSSR count). The second-order valence-electron chi connectivity index (χ2n) is 6.04. The number of urea groups is 1. The maximum Gasteiger partial charge on any atom is 0.321 e. The van der Waals surface area contributed by atoms with E-state index in [9.17, 15) is 13.6 Å². The number of carbonyl (C=O) groups is 1. The van der Waals surface area contributed by atoms with Crippen molar-refractivity contribution in [1.29, 1.82) is 0 Å². The third-order valence-electron chi connectivity index (χ3n) is 4.24. The van der Waals surface area contributed by atoms with E-state index in [1.807, 2.05) is 6.07 Å². The van der Waals surface area contributed by atoms with Crippen LogP contribution in [0.4, 0.5) is 25.2 Å². The highest BCUT2D eigenvalue weighted by molar-refractivity contribution is 5.87. The van der Waals surface area contributed by atoms with Crippen LogP contribution in [-0.4, -0.2) is 39.8 Å². The topological polar surface area (TPSA) is 74.6 Å². The smallest absolute Gasteiger partial charge is 0.321 e. The molecule has 26 heavy (non-hydrogen) atoms. The first-order valence-electron chi connectivity index (χ1n) is 8.18. The number of benzene rings is 1. The molecule has 2 amide bonds. The minimum Gasteiger partial charge on any atom is -0.365 e. The van der Waals surface area contributed by atoms with Crippen LogP contribution >= 0.6 is 0 Å². The number of amides is 2. The Labute approximate surface area is 147 Å². The van der Waals surface area contributed by atoms with E-state index < -0.39 is 17.7 Å². The van der Waals surface area contributed by atoms with Crippen molar-refractivity contribution in [3.63, 3.8) is 0 Å². The molecule has 1 aromatic carbocycles. The van der Waals surface area contributed by atoms with Crippen LogP contribution < -0.4 is 15.5 Å². The molecule has 1 aliphatic heterocycles. The van der Waals surface area contributed by atoms with Crippen molar-refractivity contribution < 1.29 is 13.6 Å². The monoisotopic (exact) mass is 358 g/mol. The van der Waals surface area contributed by atoms with Gasteiger partial charge in [-0.25, -0.2) is 18.1 Å². The SMILES string of the molecule is O=C(Nc1nc2ccccn2n1)NC1CCN(c2c(F)cccc2F)C1. The summed E-state index contributed by atoms with van der Waals surface area (Å²) in [7, 11) is 0. The van der Waals surface area contributed by atoms with Gasteiger partial charge in [0.05, 0.1) is 0 Å². The van der Waals surface area contributed by atoms with Crippen molar-refractivity contribution >= 4 is 23.3 Å². The van der Waals surface area contributed by atoms with Gasteiger partial charge in [0.15, 0.2) is 5.65 Å². The van der Waals surface area contributed by atoms with Crippen molar-refractivity contribution in [3.05, 3.63) is 54.2 Å². The van der Waals surface area contributed by atoms with Crippen LogP contribution in [0, 0.1) is 11.6 Å². The summed E-state index contributed by atoms with van der Waals surface area (Å²) in [5.74, 6) is -1.03. The fraction of sp³-hybridized carbons (Fsp3) is 0.235. The highest BCUT2D eigenvalue weighted by Gasteiger charge is 2.27. The van der Waals surface area contributed by atoms with Gasteiger partial charge in [0, 0.05) is 25.3 Å². The number of para-hydroxylation sites is 1. The zero-order valence-corrected chi connectivity index (χ0v) is 13.7. The minimum absolute atomic E-state index is 0.0563. The highest BCUT2D eigenvalue weighted by Crippen LogP contribution is 2.26. The van der Waals surface area contributed by atoms with Gasteiger partial charge in [-0.15, -0.1) is 5.10 Å². The molecule has 0 spiro atoms. The molecule has 7 nitrogen and oxygen atoms in total. The van der Waals surface area contributed by atoms with E-state index in [4.69, 9.17) is 0 Å². The lowest BCUT2D eigenvalue weighted by molar-refractivity contribution is 0.249. The largest absolute Gasteiger partial charge is 0.365 e. The molecule has 3 heterocycles. The number of pyridine rings is 1. The van der Waals surface area contributed by atoms with Gasteiger partial charge in [0.2, 0.25) is 0 Å². The highest BCUT2D eigenvalue weighted by atomic mass is 19.1. The first kappa shape index (κ1) is 16.2. The molecule has 0 saturated carbocycles. The number of nitrogens with one attached hydrogen (secondary N) is 2. The number of hydrogen-bond donors (Lipinski definition) is 2. The van der Waals surface area contributed by atoms with E-state index in [2.05, 4.69) is 20.7 Å². The lowest BCUT2D eigenvalue weighted by atomic mass is 10.2. The zero-order valence-electron chi connectivity index (χ0n) is 13.7. The van der Waals surface area contributed by atoms with Gasteiger partial charge in [0.25, 0.3) is 5.95 Å². The number of nitrogens with zero attached hydrogens (tertiary/aromatic N) is 4. The molecule has 3 aromatic rings. The predicted molar refractivity (Wildman–Crippen MR) is 92.1 cm³/mol. The van der Waals surface area contributed by atoms with Crippen LogP contribution in [0.3, 0.4) is 0 Å². The standard InChI is InChI=1S/C17H16F2N6O/c18-12-4-3-5-13(19)15(12)24-9-7-11(10-24)20-17(26)22-16-21-14-6-1-2-8-25(14)23-16/h1-6,8,11H,7,9-10H2,(H2,20,22,23,26). The van der Waals surface area contributed by atoms with Gasteiger partial charge in [-0.2, -0.15) is 4.98 Å². The molecule has 1 atom stereocenters. The summed E-state index contributed by atoms with van der Waals surface area (Å²) in [4.78, 5) is 17.9. The quantitative estimate of drug-likeness (QED) is 0.754. The summed E-state index contributed by atoms with van der Waals surface area (Å²) in [6.45, 7) is 0.777. The van der Waals surface area contributed by atoms with Crippen LogP contribution in [-0.2, 0) is 0 Å². The lowest BCUT2D eigenvalue weighted by Gasteiger charge is -2.20. The lowest BCUT2D eigenvalue weighted by Crippen LogP contribution is -2.40. The first-order chi connectivity index (χ1) is 12.6. The number of carbonyl (C=O) groups excluding carboxylic acids is 1. The second kappa shape index (κ2) is 6.58. The second-order valence-corrected chi connectivity index (χ2v) is 6.04. The average Bonchev–Trinajstić information content (AvgIpc) is 3.21. The fourth-order valence-electron chi connectivity index (χ4n) is 3.08. The Morgan fingerprint density at radius 2 is 1.96 bits per heavy atom. The molecule has 0 bridgehead atoms. The maximum absolute atomic E-state index is 13.9. The van der Waals surface area contributed by atoms with E-state index >= 15 is 0 Å². The first-order valence-corrected chi connectivity index (χ1v) is 8.18. The predicted octanol–water partition coefficient (Wildman–Crippen LogP) is 2.41. The molecule has 134 valence electrons. The molecule has 1 saturated heterocycles. The summed E-state index contributed by atoms with van der Waals surface area (Å²) in [6, 6.07) is 8.49. The average molecular weight is 358 g/mol. The fourth-order valence-corrected chi connectivity index (χ4v) is 3.08. The van der Waals surface area contributed by atoms with Gasteiger partial charge in [-0.05, 0) is 30.7 Å². The van der Waals surface area contributed by atoms with E-state index in [0.29, 0.717) is 25.2 Å². The van der Waals surface area contributed by atoms with Crippen LogP contribution in [0.5, 0.6) is 0 Å². The Kier molecular flexibility index (Phi) is 4.11. The number of anilines is 2. The van der Waals surface area contributed by atoms with Crippen molar-refractivity contribution in [1.82, 2.24) is 19.9 Å². The third kappa shape index (κ3) is 3.15. The number of fused-ring (bicyclic) bond motifs is 1. The van der Waals surface area contributed by atoms with Crippen molar-refractivity contribution in [2.24, 2.45) is 0 Å². The van der Waals surface area contributed by atoms with E-state index in [0.717, 1.165) is 0 Å². The number of halogens is 2.